The monoisotopic (exact) mass is 1030 g/mol. The minimum atomic E-state index is -0.268. The van der Waals surface area contributed by atoms with Gasteiger partial charge in [-0.3, -0.25) is 14.2 Å². The molecule has 0 unspecified atom stereocenters. The summed E-state index contributed by atoms with van der Waals surface area (Å²) >= 11 is 0. The summed E-state index contributed by atoms with van der Waals surface area (Å²) in [7, 11) is 3.72. The average Bonchev–Trinajstić information content (AvgIpc) is 4.18. The van der Waals surface area contributed by atoms with Gasteiger partial charge in [0, 0.05) is 60.9 Å². The molecule has 5 N–H and O–H groups in total. The first-order chi connectivity index (χ1) is 34.5. The molecule has 2 aliphatic rings. The van der Waals surface area contributed by atoms with E-state index in [4.69, 9.17) is 10.3 Å². The SMILES string of the molecule is CC(C)(C)c1noc([C-]=O)n1.Cn1cc(Nc2ncnc(-c3ccc4c(c3)CCCC[C@H]4CC(=O)c3nc(C(C)(C)C)no3)n2)cn1.Cn1cc(Nc2ncnc(-c3ccc4c(c3)CCCC[C@H]4N)n2)cn1.[K+].[OH-]. The number of benzene rings is 2. The second-order valence-electron chi connectivity index (χ2n) is 20.0. The number of nitrogens with one attached hydrogen (secondary N) is 2. The van der Waals surface area contributed by atoms with E-state index in [-0.39, 0.29) is 97.2 Å². The molecule has 0 amide bonds. The molecule has 0 radical (unpaired) electrons. The number of nitrogens with zero attached hydrogens (tertiary/aromatic N) is 14. The normalized spacial score (nSPS) is 15.1. The molecule has 382 valence electrons. The molecular weight excluding hydrogens is 970 g/mol. The molecule has 0 aliphatic heterocycles. The van der Waals surface area contributed by atoms with Crippen molar-refractivity contribution in [1.82, 2.24) is 69.7 Å². The van der Waals surface area contributed by atoms with Crippen molar-refractivity contribution >= 4 is 35.3 Å². The maximum Gasteiger partial charge on any atom is 1.00 e. The van der Waals surface area contributed by atoms with Gasteiger partial charge in [-0.2, -0.15) is 31.4 Å². The number of Topliss-reactive ketones (excluding diaryl/α,β-unsaturated/α-hetero) is 1. The zero-order valence-electron chi connectivity index (χ0n) is 43.4. The summed E-state index contributed by atoms with van der Waals surface area (Å²) in [5.74, 6) is 3.29. The second-order valence-corrected chi connectivity index (χ2v) is 20.0. The summed E-state index contributed by atoms with van der Waals surface area (Å²) in [6.07, 6.45) is 20.6. The van der Waals surface area contributed by atoms with Gasteiger partial charge in [-0.25, -0.2) is 24.9 Å². The van der Waals surface area contributed by atoms with Gasteiger partial charge in [0.25, 0.3) is 5.89 Å². The van der Waals surface area contributed by atoms with Gasteiger partial charge < -0.3 is 35.7 Å². The number of aromatic nitrogens is 14. The number of hydrogen-bond donors (Lipinski definition) is 3. The Kier molecular flexibility index (Phi) is 19.4. The number of hydrogen-bond acceptors (Lipinski definition) is 20. The Morgan fingerprint density at radius 2 is 1.22 bits per heavy atom. The molecular formula is C51H61KN17O5-. The molecule has 2 aromatic carbocycles. The number of aryl methyl sites for hydroxylation is 4. The van der Waals surface area contributed by atoms with E-state index in [1.807, 2.05) is 80.2 Å². The van der Waals surface area contributed by atoms with Crippen LogP contribution in [0.4, 0.5) is 23.3 Å². The van der Waals surface area contributed by atoms with Crippen LogP contribution in [-0.2, 0) is 42.6 Å². The van der Waals surface area contributed by atoms with Gasteiger partial charge in [0.2, 0.25) is 17.7 Å². The van der Waals surface area contributed by atoms with Crippen LogP contribution in [0.5, 0.6) is 0 Å². The number of fused-ring (bicyclic) bond motifs is 2. The van der Waals surface area contributed by atoms with Crippen LogP contribution in [0.3, 0.4) is 0 Å². The third-order valence-electron chi connectivity index (χ3n) is 12.1. The maximum absolute atomic E-state index is 13.0. The topological polar surface area (TPSA) is 305 Å². The Morgan fingerprint density at radius 3 is 1.70 bits per heavy atom. The molecule has 10 rings (SSSR count). The molecule has 6 aromatic heterocycles. The van der Waals surface area contributed by atoms with Crippen molar-refractivity contribution in [1.29, 1.82) is 0 Å². The molecule has 0 spiro atoms. The van der Waals surface area contributed by atoms with Crippen molar-refractivity contribution < 1.29 is 75.5 Å². The number of anilines is 4. The number of rotatable bonds is 10. The van der Waals surface area contributed by atoms with Crippen LogP contribution in [0.25, 0.3) is 22.8 Å². The van der Waals surface area contributed by atoms with Crippen LogP contribution in [-0.4, -0.2) is 87.3 Å². The van der Waals surface area contributed by atoms with Gasteiger partial charge >= 0.3 is 51.4 Å². The van der Waals surface area contributed by atoms with Crippen LogP contribution in [0.1, 0.15) is 149 Å². The molecule has 2 atom stereocenters. The standard InChI is InChI=1S/C26H30N8O2.C18H21N7.C7H9N2O2.K.H2O/c1-26(2,3)24-32-23(36-33-24)21(35)12-17-8-6-5-7-16-11-18(9-10-20(16)17)22-27-15-28-25(31-22)30-19-13-29-34(4)14-19;1-25-10-14(9-22-25)23-18-21-11-20-17(24-18)13-6-7-15-12(8-13)4-2-3-5-16(15)19;1-7(2,3)6-8-5(4-10)11-9-6;;/h9-11,13-15,17H,5-8,12H2,1-4H3,(H,27,28,30,31);6-11,16H,2-5,19H2,1H3,(H,20,21,23,24);1-3H3;;1H2/q;;-1;+1;/p-1/t17-;16-;;;/m01.../s1. The first-order valence-corrected chi connectivity index (χ1v) is 24.0. The fourth-order valence-corrected chi connectivity index (χ4v) is 8.33. The van der Waals surface area contributed by atoms with Crippen LogP contribution in [0, 0.1) is 0 Å². The van der Waals surface area contributed by atoms with E-state index in [1.54, 1.807) is 21.8 Å². The Bertz CT molecular complexity index is 3130. The van der Waals surface area contributed by atoms with E-state index in [0.29, 0.717) is 41.6 Å². The van der Waals surface area contributed by atoms with E-state index in [1.165, 1.54) is 54.0 Å². The minimum Gasteiger partial charge on any atom is -0.870 e. The predicted molar refractivity (Wildman–Crippen MR) is 270 cm³/mol. The first kappa shape index (κ1) is 56.9. The van der Waals surface area contributed by atoms with Gasteiger partial charge in [-0.05, 0) is 78.8 Å². The van der Waals surface area contributed by atoms with Gasteiger partial charge in [0.05, 0.1) is 23.8 Å². The number of carbonyl (C=O) groups is 1. The summed E-state index contributed by atoms with van der Waals surface area (Å²) in [5.41, 5.74) is 14.4. The Morgan fingerprint density at radius 1 is 0.703 bits per heavy atom. The van der Waals surface area contributed by atoms with Crippen molar-refractivity contribution in [2.24, 2.45) is 19.8 Å². The van der Waals surface area contributed by atoms with Crippen LogP contribution in [0.15, 0.2) is 82.9 Å². The molecule has 22 nitrogen and oxygen atoms in total. The molecule has 6 heterocycles. The van der Waals surface area contributed by atoms with E-state index < -0.39 is 0 Å². The number of carbonyl (C=O) groups excluding carboxylic acids is 2. The fourth-order valence-electron chi connectivity index (χ4n) is 8.33. The fraction of sp³-hybridized carbons (Fsp3) is 0.412. The van der Waals surface area contributed by atoms with Gasteiger partial charge in [0.15, 0.2) is 23.3 Å². The summed E-state index contributed by atoms with van der Waals surface area (Å²) in [4.78, 5) is 57.5. The minimum absolute atomic E-state index is 0. The summed E-state index contributed by atoms with van der Waals surface area (Å²) in [6, 6.07) is 12.8. The molecule has 0 saturated carbocycles. The zero-order chi connectivity index (χ0) is 51.0. The van der Waals surface area contributed by atoms with Crippen LogP contribution < -0.4 is 67.8 Å². The maximum atomic E-state index is 13.0. The molecule has 0 saturated heterocycles. The van der Waals surface area contributed by atoms with E-state index in [2.05, 4.69) is 99.8 Å². The summed E-state index contributed by atoms with van der Waals surface area (Å²) in [6.45, 7) is 11.8. The van der Waals surface area contributed by atoms with Gasteiger partial charge in [-0.1, -0.05) is 89.0 Å². The van der Waals surface area contributed by atoms with Gasteiger partial charge in [-0.15, -0.1) is 0 Å². The molecule has 74 heavy (non-hydrogen) atoms. The quantitative estimate of drug-likeness (QED) is 0.0688. The van der Waals surface area contributed by atoms with Crippen LogP contribution in [0.2, 0.25) is 0 Å². The Hall–Kier alpha value is -6.34. The molecule has 8 aromatic rings. The smallest absolute Gasteiger partial charge is 0.870 e. The summed E-state index contributed by atoms with van der Waals surface area (Å²) in [5, 5.41) is 22.2. The average molecular weight is 1030 g/mol. The second kappa shape index (κ2) is 25.3. The number of ketones is 1. The van der Waals surface area contributed by atoms with Crippen molar-refractivity contribution in [2.45, 2.75) is 122 Å². The first-order valence-electron chi connectivity index (χ1n) is 24.0. The number of nitrogens with two attached hydrogens (primary N) is 1. The Balaban J connectivity index is 0.000000203. The predicted octanol–water partition coefficient (Wildman–Crippen LogP) is 5.17. The van der Waals surface area contributed by atoms with Crippen molar-refractivity contribution in [2.75, 3.05) is 10.6 Å². The van der Waals surface area contributed by atoms with Crippen molar-refractivity contribution in [3.8, 4) is 22.8 Å². The van der Waals surface area contributed by atoms with E-state index in [0.717, 1.165) is 61.0 Å². The third kappa shape index (κ3) is 14.9. The van der Waals surface area contributed by atoms with E-state index in [9.17, 15) is 9.59 Å². The molecule has 0 bridgehead atoms. The molecule has 23 heteroatoms. The molecule has 2 aliphatic carbocycles. The largest absolute Gasteiger partial charge is 1.00 e. The third-order valence-corrected chi connectivity index (χ3v) is 12.1. The van der Waals surface area contributed by atoms with Gasteiger partial charge in [0.1, 0.15) is 18.5 Å². The molecule has 0 fully saturated rings. The van der Waals surface area contributed by atoms with Crippen molar-refractivity contribution in [3.05, 3.63) is 120 Å². The Labute approximate surface area is 471 Å². The van der Waals surface area contributed by atoms with Crippen molar-refractivity contribution in [3.63, 3.8) is 0 Å². The summed E-state index contributed by atoms with van der Waals surface area (Å²) < 4.78 is 13.3. The zero-order valence-corrected chi connectivity index (χ0v) is 46.5. The van der Waals surface area contributed by atoms with E-state index >= 15 is 0 Å². The van der Waals surface area contributed by atoms with Crippen LogP contribution >= 0.6 is 0 Å².